The van der Waals surface area contributed by atoms with E-state index in [1.807, 2.05) is 30.5 Å². The Morgan fingerprint density at radius 3 is 2.97 bits per heavy atom. The Labute approximate surface area is 202 Å². The third kappa shape index (κ3) is 3.96. The number of carbonyl (C=O) groups is 2. The predicted octanol–water partition coefficient (Wildman–Crippen LogP) is 3.03. The highest BCUT2D eigenvalue weighted by molar-refractivity contribution is 5.98. The predicted molar refractivity (Wildman–Crippen MR) is 131 cm³/mol. The Balaban J connectivity index is 1.14. The molecule has 4 aromatic rings. The van der Waals surface area contributed by atoms with Gasteiger partial charge in [0.05, 0.1) is 11.7 Å². The van der Waals surface area contributed by atoms with Crippen molar-refractivity contribution < 1.29 is 9.59 Å². The zero-order chi connectivity index (χ0) is 23.8. The van der Waals surface area contributed by atoms with Gasteiger partial charge in [-0.3, -0.25) is 9.59 Å². The number of hydrogen-bond donors (Lipinski definition) is 2. The lowest BCUT2D eigenvalue weighted by atomic mass is 10.1. The first-order valence-corrected chi connectivity index (χ1v) is 12.2. The maximum Gasteiger partial charge on any atom is 0.250 e. The minimum Gasteiger partial charge on any atom is -0.354 e. The molecule has 0 unspecified atom stereocenters. The number of hydrogen-bond acceptors (Lipinski definition) is 5. The van der Waals surface area contributed by atoms with Gasteiger partial charge in [0.15, 0.2) is 0 Å². The highest BCUT2D eigenvalue weighted by atomic mass is 16.2. The lowest BCUT2D eigenvalue weighted by Crippen LogP contribution is -2.46. The fourth-order valence-electron chi connectivity index (χ4n) is 5.26. The third-order valence-corrected chi connectivity index (χ3v) is 7.01. The van der Waals surface area contributed by atoms with Crippen LogP contribution < -0.4 is 5.32 Å². The second-order valence-corrected chi connectivity index (χ2v) is 9.19. The van der Waals surface area contributed by atoms with Crippen LogP contribution in [0.15, 0.2) is 54.5 Å². The van der Waals surface area contributed by atoms with Crippen molar-refractivity contribution in [3.05, 3.63) is 60.2 Å². The molecule has 0 saturated carbocycles. The van der Waals surface area contributed by atoms with Gasteiger partial charge in [-0.15, -0.1) is 0 Å². The number of pyridine rings is 1. The quantitative estimate of drug-likeness (QED) is 0.451. The van der Waals surface area contributed by atoms with Crippen LogP contribution in [-0.2, 0) is 16.0 Å². The van der Waals surface area contributed by atoms with E-state index in [9.17, 15) is 9.59 Å². The lowest BCUT2D eigenvalue weighted by Gasteiger charge is -2.24. The van der Waals surface area contributed by atoms with Crippen LogP contribution in [0.25, 0.3) is 27.7 Å². The molecule has 4 aromatic heterocycles. The summed E-state index contributed by atoms with van der Waals surface area (Å²) in [7, 11) is 0. The van der Waals surface area contributed by atoms with Crippen LogP contribution >= 0.6 is 0 Å². The van der Waals surface area contributed by atoms with E-state index in [-0.39, 0.29) is 17.9 Å². The van der Waals surface area contributed by atoms with E-state index in [1.54, 1.807) is 21.9 Å². The van der Waals surface area contributed by atoms with Crippen LogP contribution in [0.1, 0.15) is 37.8 Å². The topological polar surface area (TPSA) is 108 Å². The highest BCUT2D eigenvalue weighted by Crippen LogP contribution is 2.31. The third-order valence-electron chi connectivity index (χ3n) is 7.01. The number of likely N-dealkylation sites (tertiary alicyclic amines) is 1. The number of allylic oxidation sites excluding steroid dienone is 1. The number of carbonyl (C=O) groups excluding carboxylic acids is 2. The van der Waals surface area contributed by atoms with Crippen LogP contribution in [0, 0.1) is 0 Å². The highest BCUT2D eigenvalue weighted by Gasteiger charge is 2.35. The molecule has 35 heavy (non-hydrogen) atoms. The Morgan fingerprint density at radius 2 is 2.09 bits per heavy atom. The van der Waals surface area contributed by atoms with Gasteiger partial charge in [0.1, 0.15) is 11.7 Å². The van der Waals surface area contributed by atoms with Crippen LogP contribution in [0.4, 0.5) is 0 Å². The van der Waals surface area contributed by atoms with Crippen molar-refractivity contribution in [2.24, 2.45) is 0 Å². The number of amides is 2. The summed E-state index contributed by atoms with van der Waals surface area (Å²) in [6.07, 6.45) is 12.4. The van der Waals surface area contributed by atoms with Crippen molar-refractivity contribution in [3.8, 4) is 11.1 Å². The van der Waals surface area contributed by atoms with Crippen molar-refractivity contribution in [1.29, 1.82) is 0 Å². The molecule has 2 amide bonds. The molecule has 1 fully saturated rings. The second kappa shape index (κ2) is 8.98. The molecule has 1 saturated heterocycles. The molecule has 5 heterocycles. The molecule has 2 aliphatic rings. The standard InChI is InChI=1S/C26H27N7O2/c34-25(23-8-4-14-32(23)26(35)17-5-1-2-6-17)28-12-9-18-15-20-19(10-13-27-24(20)31-18)21-16-30-33-22(21)7-3-11-29-33/h3,5,7,10-11,13,15-16,23H,1-2,4,6,8-9,12,14H2,(H,27,31)(H,28,34)/t23-/m0/s1. The maximum atomic E-state index is 12.9. The van der Waals surface area contributed by atoms with Gasteiger partial charge >= 0.3 is 0 Å². The molecule has 1 aliphatic carbocycles. The number of nitrogens with zero attached hydrogens (tertiary/aromatic N) is 5. The van der Waals surface area contributed by atoms with Crippen molar-refractivity contribution in [1.82, 2.24) is 35.0 Å². The number of nitrogens with one attached hydrogen (secondary N) is 2. The fraction of sp³-hybridized carbons (Fsp3) is 0.346. The van der Waals surface area contributed by atoms with E-state index < -0.39 is 0 Å². The van der Waals surface area contributed by atoms with Crippen molar-refractivity contribution in [2.45, 2.75) is 44.6 Å². The van der Waals surface area contributed by atoms with Crippen LogP contribution in [-0.4, -0.2) is 60.6 Å². The average Bonchev–Trinajstić information content (AvgIpc) is 3.68. The summed E-state index contributed by atoms with van der Waals surface area (Å²) in [5, 5.41) is 12.7. The normalized spacial score (nSPS) is 17.9. The summed E-state index contributed by atoms with van der Waals surface area (Å²) in [5.74, 6) is -0.0273. The van der Waals surface area contributed by atoms with Crippen molar-refractivity contribution >= 4 is 28.4 Å². The molecule has 0 aromatic carbocycles. The Kier molecular flexibility index (Phi) is 5.52. The number of aromatic nitrogens is 5. The minimum absolute atomic E-state index is 0.0391. The summed E-state index contributed by atoms with van der Waals surface area (Å²) >= 11 is 0. The molecule has 1 aliphatic heterocycles. The number of rotatable bonds is 6. The van der Waals surface area contributed by atoms with Gasteiger partial charge in [0.25, 0.3) is 0 Å². The first kappa shape index (κ1) is 21.5. The molecule has 6 rings (SSSR count). The molecular formula is C26H27N7O2. The summed E-state index contributed by atoms with van der Waals surface area (Å²) in [6.45, 7) is 1.15. The Morgan fingerprint density at radius 1 is 1.14 bits per heavy atom. The second-order valence-electron chi connectivity index (χ2n) is 9.19. The fourth-order valence-corrected chi connectivity index (χ4v) is 5.26. The van der Waals surface area contributed by atoms with Gasteiger partial charge in [-0.05, 0) is 61.9 Å². The van der Waals surface area contributed by atoms with Gasteiger partial charge < -0.3 is 15.2 Å². The average molecular weight is 470 g/mol. The molecule has 0 bridgehead atoms. The van der Waals surface area contributed by atoms with E-state index in [2.05, 4.69) is 31.5 Å². The summed E-state index contributed by atoms with van der Waals surface area (Å²) in [4.78, 5) is 35.4. The van der Waals surface area contributed by atoms with Gasteiger partial charge in [-0.25, -0.2) is 4.98 Å². The van der Waals surface area contributed by atoms with Crippen LogP contribution in [0.5, 0.6) is 0 Å². The van der Waals surface area contributed by atoms with E-state index in [1.165, 1.54) is 0 Å². The lowest BCUT2D eigenvalue weighted by molar-refractivity contribution is -0.135. The van der Waals surface area contributed by atoms with Crippen LogP contribution in [0.2, 0.25) is 0 Å². The number of H-pyrrole nitrogens is 1. The van der Waals surface area contributed by atoms with Crippen molar-refractivity contribution in [2.75, 3.05) is 13.1 Å². The number of fused-ring (bicyclic) bond motifs is 2. The first-order chi connectivity index (χ1) is 17.2. The molecule has 0 radical (unpaired) electrons. The van der Waals surface area contributed by atoms with E-state index in [4.69, 9.17) is 0 Å². The zero-order valence-corrected chi connectivity index (χ0v) is 19.4. The zero-order valence-electron chi connectivity index (χ0n) is 19.4. The largest absolute Gasteiger partial charge is 0.354 e. The van der Waals surface area contributed by atoms with Gasteiger partial charge in [0.2, 0.25) is 11.8 Å². The monoisotopic (exact) mass is 469 g/mol. The molecule has 9 nitrogen and oxygen atoms in total. The summed E-state index contributed by atoms with van der Waals surface area (Å²) < 4.78 is 1.62. The molecule has 0 spiro atoms. The molecule has 1 atom stereocenters. The van der Waals surface area contributed by atoms with Crippen LogP contribution in [0.3, 0.4) is 0 Å². The summed E-state index contributed by atoms with van der Waals surface area (Å²) in [6, 6.07) is 7.59. The van der Waals surface area contributed by atoms with Crippen molar-refractivity contribution in [3.63, 3.8) is 0 Å². The summed E-state index contributed by atoms with van der Waals surface area (Å²) in [5.41, 5.74) is 5.61. The van der Waals surface area contributed by atoms with E-state index in [0.29, 0.717) is 19.5 Å². The molecule has 2 N–H and O–H groups in total. The Hall–Kier alpha value is -4.01. The van der Waals surface area contributed by atoms with E-state index >= 15 is 0 Å². The van der Waals surface area contributed by atoms with E-state index in [0.717, 1.165) is 71.0 Å². The first-order valence-electron chi connectivity index (χ1n) is 12.2. The maximum absolute atomic E-state index is 12.9. The smallest absolute Gasteiger partial charge is 0.250 e. The van der Waals surface area contributed by atoms with Gasteiger partial charge in [-0.2, -0.15) is 14.8 Å². The minimum atomic E-state index is -0.371. The van der Waals surface area contributed by atoms with Gasteiger partial charge in [-0.1, -0.05) is 6.08 Å². The number of aromatic amines is 1. The Bertz CT molecular complexity index is 1450. The molecular weight excluding hydrogens is 442 g/mol. The molecule has 9 heteroatoms. The molecule has 178 valence electrons. The SMILES string of the molecule is O=C(NCCc1cc2c(-c3cnn4ncccc34)ccnc2[nH]1)[C@@H]1CCCN1C(=O)C1=CCCC1. The van der Waals surface area contributed by atoms with Gasteiger partial charge in [0, 0.05) is 54.1 Å².